The zero-order valence-corrected chi connectivity index (χ0v) is 15.4. The first kappa shape index (κ1) is 19.4. The van der Waals surface area contributed by atoms with Gasteiger partial charge >= 0.3 is 0 Å². The van der Waals surface area contributed by atoms with E-state index in [1.807, 2.05) is 0 Å². The van der Waals surface area contributed by atoms with Crippen LogP contribution in [0.5, 0.6) is 0 Å². The summed E-state index contributed by atoms with van der Waals surface area (Å²) in [6.45, 7) is 10.6. The van der Waals surface area contributed by atoms with Crippen molar-refractivity contribution in [2.45, 2.75) is 52.4 Å². The average Bonchev–Trinajstić information content (AvgIpc) is 3.02. The Morgan fingerprint density at radius 1 is 1.25 bits per heavy atom. The van der Waals surface area contributed by atoms with Crippen molar-refractivity contribution in [2.75, 3.05) is 32.9 Å². The van der Waals surface area contributed by atoms with E-state index in [-0.39, 0.29) is 0 Å². The number of ether oxygens (including phenoxy) is 2. The van der Waals surface area contributed by atoms with Crippen LogP contribution < -0.4 is 0 Å². The summed E-state index contributed by atoms with van der Waals surface area (Å²) in [6.07, 6.45) is 2.09. The lowest BCUT2D eigenvalue weighted by atomic mass is 10.1. The SMILES string of the molecule is Cc1ccc(CN(C[C@H](O)COCC(C)C)C[C@H]2CCCO2)cc1. The van der Waals surface area contributed by atoms with Gasteiger partial charge in [-0.05, 0) is 31.2 Å². The molecule has 0 saturated carbocycles. The molecule has 1 aromatic carbocycles. The quantitative estimate of drug-likeness (QED) is 0.714. The smallest absolute Gasteiger partial charge is 0.0900 e. The van der Waals surface area contributed by atoms with Crippen molar-refractivity contribution in [1.29, 1.82) is 0 Å². The first-order valence-corrected chi connectivity index (χ1v) is 9.18. The summed E-state index contributed by atoms with van der Waals surface area (Å²) in [6, 6.07) is 8.61. The Hall–Kier alpha value is -0.940. The highest BCUT2D eigenvalue weighted by Gasteiger charge is 2.21. The third kappa shape index (κ3) is 7.31. The molecule has 4 nitrogen and oxygen atoms in total. The molecule has 1 heterocycles. The second kappa shape index (κ2) is 10.1. The van der Waals surface area contributed by atoms with Crippen LogP contribution in [-0.4, -0.2) is 55.1 Å². The maximum atomic E-state index is 10.3. The Labute approximate surface area is 146 Å². The van der Waals surface area contributed by atoms with Crippen LogP contribution in [0.3, 0.4) is 0 Å². The second-order valence-electron chi connectivity index (χ2n) is 7.40. The van der Waals surface area contributed by atoms with Gasteiger partial charge in [-0.3, -0.25) is 4.90 Å². The lowest BCUT2D eigenvalue weighted by Gasteiger charge is -2.27. The average molecular weight is 335 g/mol. The van der Waals surface area contributed by atoms with Gasteiger partial charge < -0.3 is 14.6 Å². The molecule has 136 valence electrons. The maximum absolute atomic E-state index is 10.3. The summed E-state index contributed by atoms with van der Waals surface area (Å²) in [4.78, 5) is 2.30. The number of aliphatic hydroxyl groups excluding tert-OH is 1. The number of benzene rings is 1. The molecular weight excluding hydrogens is 302 g/mol. The van der Waals surface area contributed by atoms with Crippen LogP contribution in [0.1, 0.15) is 37.8 Å². The van der Waals surface area contributed by atoms with Crippen LogP contribution in [0.15, 0.2) is 24.3 Å². The molecule has 1 aliphatic heterocycles. The molecule has 1 aliphatic rings. The van der Waals surface area contributed by atoms with Gasteiger partial charge in [-0.15, -0.1) is 0 Å². The number of rotatable bonds is 10. The van der Waals surface area contributed by atoms with E-state index >= 15 is 0 Å². The highest BCUT2D eigenvalue weighted by molar-refractivity contribution is 5.21. The summed E-state index contributed by atoms with van der Waals surface area (Å²) in [5.41, 5.74) is 2.54. The number of aryl methyl sites for hydroxylation is 1. The van der Waals surface area contributed by atoms with Gasteiger partial charge in [0.25, 0.3) is 0 Å². The zero-order valence-electron chi connectivity index (χ0n) is 15.4. The molecule has 4 heteroatoms. The van der Waals surface area contributed by atoms with Gasteiger partial charge in [0.2, 0.25) is 0 Å². The molecule has 0 aromatic heterocycles. The minimum absolute atomic E-state index is 0.291. The van der Waals surface area contributed by atoms with E-state index in [9.17, 15) is 5.11 Å². The molecule has 1 N–H and O–H groups in total. The van der Waals surface area contributed by atoms with Crippen LogP contribution in [0.25, 0.3) is 0 Å². The van der Waals surface area contributed by atoms with Crippen molar-refractivity contribution >= 4 is 0 Å². The van der Waals surface area contributed by atoms with Gasteiger partial charge in [-0.2, -0.15) is 0 Å². The molecule has 2 atom stereocenters. The van der Waals surface area contributed by atoms with Crippen LogP contribution >= 0.6 is 0 Å². The zero-order chi connectivity index (χ0) is 17.4. The fourth-order valence-corrected chi connectivity index (χ4v) is 3.02. The summed E-state index contributed by atoms with van der Waals surface area (Å²) in [5, 5.41) is 10.3. The fraction of sp³-hybridized carbons (Fsp3) is 0.700. The van der Waals surface area contributed by atoms with Gasteiger partial charge in [0.1, 0.15) is 0 Å². The topological polar surface area (TPSA) is 41.9 Å². The van der Waals surface area contributed by atoms with E-state index < -0.39 is 6.10 Å². The van der Waals surface area contributed by atoms with Crippen LogP contribution in [-0.2, 0) is 16.0 Å². The molecule has 0 unspecified atom stereocenters. The van der Waals surface area contributed by atoms with Crippen LogP contribution in [0, 0.1) is 12.8 Å². The highest BCUT2D eigenvalue weighted by atomic mass is 16.5. The molecule has 2 rings (SSSR count). The lowest BCUT2D eigenvalue weighted by molar-refractivity contribution is -0.00390. The molecule has 0 bridgehead atoms. The van der Waals surface area contributed by atoms with Crippen molar-refractivity contribution < 1.29 is 14.6 Å². The minimum Gasteiger partial charge on any atom is -0.389 e. The monoisotopic (exact) mass is 335 g/mol. The van der Waals surface area contributed by atoms with E-state index in [2.05, 4.69) is 49.9 Å². The van der Waals surface area contributed by atoms with Gasteiger partial charge in [-0.25, -0.2) is 0 Å². The van der Waals surface area contributed by atoms with Crippen molar-refractivity contribution in [3.05, 3.63) is 35.4 Å². The van der Waals surface area contributed by atoms with Crippen molar-refractivity contribution in [1.82, 2.24) is 4.90 Å². The third-order valence-corrected chi connectivity index (χ3v) is 4.24. The molecular formula is C20H33NO3. The van der Waals surface area contributed by atoms with E-state index in [1.54, 1.807) is 0 Å². The number of aliphatic hydroxyl groups is 1. The molecule has 0 spiro atoms. The summed E-state index contributed by atoms with van der Waals surface area (Å²) in [5.74, 6) is 0.493. The Balaban J connectivity index is 1.87. The number of hydrogen-bond acceptors (Lipinski definition) is 4. The number of hydrogen-bond donors (Lipinski definition) is 1. The van der Waals surface area contributed by atoms with E-state index in [0.717, 1.165) is 32.5 Å². The predicted octanol–water partition coefficient (Wildman–Crippen LogP) is 3.01. The summed E-state index contributed by atoms with van der Waals surface area (Å²) >= 11 is 0. The van der Waals surface area contributed by atoms with Crippen molar-refractivity contribution in [3.8, 4) is 0 Å². The Morgan fingerprint density at radius 3 is 2.62 bits per heavy atom. The molecule has 1 saturated heterocycles. The van der Waals surface area contributed by atoms with E-state index in [1.165, 1.54) is 11.1 Å². The lowest BCUT2D eigenvalue weighted by Crippen LogP contribution is -2.39. The van der Waals surface area contributed by atoms with Crippen LogP contribution in [0.4, 0.5) is 0 Å². The van der Waals surface area contributed by atoms with Gasteiger partial charge in [-0.1, -0.05) is 43.7 Å². The van der Waals surface area contributed by atoms with Gasteiger partial charge in [0.05, 0.1) is 18.8 Å². The summed E-state index contributed by atoms with van der Waals surface area (Å²) in [7, 11) is 0. The fourth-order valence-electron chi connectivity index (χ4n) is 3.02. The van der Waals surface area contributed by atoms with Gasteiger partial charge in [0, 0.05) is 32.8 Å². The molecule has 24 heavy (non-hydrogen) atoms. The Kier molecular flexibility index (Phi) is 8.19. The van der Waals surface area contributed by atoms with E-state index in [4.69, 9.17) is 9.47 Å². The first-order valence-electron chi connectivity index (χ1n) is 9.18. The molecule has 1 aromatic rings. The Bertz CT molecular complexity index is 454. The van der Waals surface area contributed by atoms with Crippen molar-refractivity contribution in [3.63, 3.8) is 0 Å². The molecule has 0 radical (unpaired) electrons. The molecule has 1 fully saturated rings. The normalized spacial score (nSPS) is 19.3. The minimum atomic E-state index is -0.462. The largest absolute Gasteiger partial charge is 0.389 e. The third-order valence-electron chi connectivity index (χ3n) is 4.24. The van der Waals surface area contributed by atoms with E-state index in [0.29, 0.717) is 31.8 Å². The predicted molar refractivity (Wildman–Crippen MR) is 97.1 cm³/mol. The first-order chi connectivity index (χ1) is 11.5. The van der Waals surface area contributed by atoms with Crippen molar-refractivity contribution in [2.24, 2.45) is 5.92 Å². The second-order valence-corrected chi connectivity index (χ2v) is 7.40. The van der Waals surface area contributed by atoms with Gasteiger partial charge in [0.15, 0.2) is 0 Å². The maximum Gasteiger partial charge on any atom is 0.0900 e. The summed E-state index contributed by atoms with van der Waals surface area (Å²) < 4.78 is 11.4. The highest BCUT2D eigenvalue weighted by Crippen LogP contribution is 2.16. The molecule has 0 amide bonds. The Morgan fingerprint density at radius 2 is 2.00 bits per heavy atom. The van der Waals surface area contributed by atoms with Crippen LogP contribution in [0.2, 0.25) is 0 Å². The molecule has 0 aliphatic carbocycles. The number of nitrogens with zero attached hydrogens (tertiary/aromatic N) is 1. The standard InChI is InChI=1S/C20H33NO3/c1-16(2)14-23-15-19(22)12-21(13-20-5-4-10-24-20)11-18-8-6-17(3)7-9-18/h6-9,16,19-20,22H,4-5,10-15H2,1-3H3/t19-,20+/m0/s1.